The van der Waals surface area contributed by atoms with E-state index in [4.69, 9.17) is 0 Å². The van der Waals surface area contributed by atoms with Crippen molar-refractivity contribution in [2.24, 2.45) is 0 Å². The lowest BCUT2D eigenvalue weighted by Crippen LogP contribution is -2.55. The molecule has 1 aliphatic heterocycles. The van der Waals surface area contributed by atoms with Gasteiger partial charge >= 0.3 is 0 Å². The molecule has 2 N–H and O–H groups in total. The fourth-order valence-corrected chi connectivity index (χ4v) is 2.95. The lowest BCUT2D eigenvalue weighted by atomic mass is 9.99. The van der Waals surface area contributed by atoms with Crippen LogP contribution >= 0.6 is 0 Å². The minimum Gasteiger partial charge on any atom is -0.352 e. The molecule has 1 amide bonds. The number of nitrogens with zero attached hydrogens (tertiary/aromatic N) is 1. The zero-order valence-electron chi connectivity index (χ0n) is 13.0. The van der Waals surface area contributed by atoms with Gasteiger partial charge in [-0.1, -0.05) is 20.3 Å². The first-order valence-corrected chi connectivity index (χ1v) is 7.84. The first-order chi connectivity index (χ1) is 9.13. The van der Waals surface area contributed by atoms with Gasteiger partial charge in [0.05, 0.1) is 6.04 Å². The molecule has 0 aromatic rings. The van der Waals surface area contributed by atoms with E-state index >= 15 is 0 Å². The summed E-state index contributed by atoms with van der Waals surface area (Å²) in [4.78, 5) is 14.7. The molecule has 1 heterocycles. The van der Waals surface area contributed by atoms with E-state index in [2.05, 4.69) is 29.4 Å². The molecule has 0 spiro atoms. The molecule has 112 valence electrons. The second-order valence-electron chi connectivity index (χ2n) is 5.64. The summed E-state index contributed by atoms with van der Waals surface area (Å²) in [6.07, 6.45) is 5.71. The van der Waals surface area contributed by atoms with Crippen molar-refractivity contribution in [2.75, 3.05) is 20.1 Å². The van der Waals surface area contributed by atoms with Crippen LogP contribution in [0.4, 0.5) is 0 Å². The molecule has 2 atom stereocenters. The quantitative estimate of drug-likeness (QED) is 0.740. The van der Waals surface area contributed by atoms with Gasteiger partial charge in [0.15, 0.2) is 0 Å². The number of likely N-dealkylation sites (N-methyl/N-ethyl adjacent to an activating group) is 1. The highest BCUT2D eigenvalue weighted by Crippen LogP contribution is 2.19. The SMILES string of the molecule is CCC(CC)NC(=O)C(C)N1CCCCC1CNC. The maximum Gasteiger partial charge on any atom is 0.237 e. The van der Waals surface area contributed by atoms with Crippen LogP contribution < -0.4 is 10.6 Å². The van der Waals surface area contributed by atoms with Crippen molar-refractivity contribution in [3.05, 3.63) is 0 Å². The Hall–Kier alpha value is -0.610. The third-order valence-corrected chi connectivity index (χ3v) is 4.32. The zero-order valence-corrected chi connectivity index (χ0v) is 13.0. The van der Waals surface area contributed by atoms with Crippen molar-refractivity contribution in [2.45, 2.75) is 71.0 Å². The third-order valence-electron chi connectivity index (χ3n) is 4.32. The van der Waals surface area contributed by atoms with E-state index in [0.717, 1.165) is 25.9 Å². The Morgan fingerprint density at radius 2 is 2.00 bits per heavy atom. The highest BCUT2D eigenvalue weighted by Gasteiger charge is 2.30. The monoisotopic (exact) mass is 269 g/mol. The summed E-state index contributed by atoms with van der Waals surface area (Å²) in [7, 11) is 1.99. The van der Waals surface area contributed by atoms with Crippen LogP contribution in [0.3, 0.4) is 0 Å². The van der Waals surface area contributed by atoms with E-state index in [1.54, 1.807) is 0 Å². The molecule has 1 saturated heterocycles. The minimum atomic E-state index is -0.0146. The van der Waals surface area contributed by atoms with Gasteiger partial charge in [-0.2, -0.15) is 0 Å². The number of amides is 1. The van der Waals surface area contributed by atoms with Crippen molar-refractivity contribution in [3.8, 4) is 0 Å². The normalized spacial score (nSPS) is 22.5. The fourth-order valence-electron chi connectivity index (χ4n) is 2.95. The summed E-state index contributed by atoms with van der Waals surface area (Å²) >= 11 is 0. The Bertz CT molecular complexity index is 264. The second-order valence-corrected chi connectivity index (χ2v) is 5.64. The van der Waals surface area contributed by atoms with E-state index in [-0.39, 0.29) is 11.9 Å². The first kappa shape index (κ1) is 16.4. The average Bonchev–Trinajstić information content (AvgIpc) is 2.44. The van der Waals surface area contributed by atoms with Crippen LogP contribution in [0, 0.1) is 0 Å². The number of piperidine rings is 1. The maximum absolute atomic E-state index is 12.3. The van der Waals surface area contributed by atoms with E-state index < -0.39 is 0 Å². The Balaban J connectivity index is 2.57. The average molecular weight is 269 g/mol. The number of nitrogens with one attached hydrogen (secondary N) is 2. The van der Waals surface area contributed by atoms with Crippen LogP contribution in [-0.2, 0) is 4.79 Å². The van der Waals surface area contributed by atoms with Gasteiger partial charge in [0, 0.05) is 18.6 Å². The van der Waals surface area contributed by atoms with Crippen LogP contribution in [0.15, 0.2) is 0 Å². The molecule has 1 fully saturated rings. The molecule has 4 heteroatoms. The Kier molecular flexibility index (Phi) is 7.39. The molecule has 0 aromatic heterocycles. The van der Waals surface area contributed by atoms with E-state index in [1.165, 1.54) is 19.3 Å². The first-order valence-electron chi connectivity index (χ1n) is 7.84. The Morgan fingerprint density at radius 1 is 1.32 bits per heavy atom. The summed E-state index contributed by atoms with van der Waals surface area (Å²) in [5.74, 6) is 0.191. The van der Waals surface area contributed by atoms with Gasteiger partial charge < -0.3 is 10.6 Å². The van der Waals surface area contributed by atoms with Crippen molar-refractivity contribution >= 4 is 5.91 Å². The Morgan fingerprint density at radius 3 is 2.58 bits per heavy atom. The van der Waals surface area contributed by atoms with Gasteiger partial charge in [0.2, 0.25) is 5.91 Å². The number of carbonyl (C=O) groups excluding carboxylic acids is 1. The van der Waals surface area contributed by atoms with Crippen molar-refractivity contribution in [1.29, 1.82) is 0 Å². The molecule has 1 aliphatic rings. The lowest BCUT2D eigenvalue weighted by molar-refractivity contribution is -0.128. The number of hydrogen-bond acceptors (Lipinski definition) is 3. The third kappa shape index (κ3) is 4.77. The topological polar surface area (TPSA) is 44.4 Å². The van der Waals surface area contributed by atoms with Crippen LogP contribution in [0.5, 0.6) is 0 Å². The van der Waals surface area contributed by atoms with Crippen molar-refractivity contribution < 1.29 is 4.79 Å². The Labute approximate surface area is 118 Å². The summed E-state index contributed by atoms with van der Waals surface area (Å²) < 4.78 is 0. The molecule has 0 bridgehead atoms. The smallest absolute Gasteiger partial charge is 0.237 e. The molecule has 0 radical (unpaired) electrons. The summed E-state index contributed by atoms with van der Waals surface area (Å²) in [6, 6.07) is 0.808. The van der Waals surface area contributed by atoms with Gasteiger partial charge in [0.25, 0.3) is 0 Å². The van der Waals surface area contributed by atoms with Gasteiger partial charge in [-0.05, 0) is 46.2 Å². The molecule has 19 heavy (non-hydrogen) atoms. The number of carbonyl (C=O) groups is 1. The summed E-state index contributed by atoms with van der Waals surface area (Å²) in [5.41, 5.74) is 0. The van der Waals surface area contributed by atoms with Crippen molar-refractivity contribution in [3.63, 3.8) is 0 Å². The molecule has 0 aromatic carbocycles. The highest BCUT2D eigenvalue weighted by atomic mass is 16.2. The molecule has 4 nitrogen and oxygen atoms in total. The van der Waals surface area contributed by atoms with Crippen molar-refractivity contribution in [1.82, 2.24) is 15.5 Å². The molecular formula is C15H31N3O. The van der Waals surface area contributed by atoms with Gasteiger partial charge in [-0.25, -0.2) is 0 Å². The van der Waals surface area contributed by atoms with Gasteiger partial charge in [0.1, 0.15) is 0 Å². The fraction of sp³-hybridized carbons (Fsp3) is 0.933. The molecule has 1 rings (SSSR count). The largest absolute Gasteiger partial charge is 0.352 e. The summed E-state index contributed by atoms with van der Waals surface area (Å²) in [5, 5.41) is 6.43. The van der Waals surface area contributed by atoms with E-state index in [0.29, 0.717) is 12.1 Å². The maximum atomic E-state index is 12.3. The van der Waals surface area contributed by atoms with Crippen LogP contribution in [-0.4, -0.2) is 49.1 Å². The predicted octanol–water partition coefficient (Wildman–Crippen LogP) is 1.75. The number of hydrogen-bond donors (Lipinski definition) is 2. The highest BCUT2D eigenvalue weighted by molar-refractivity contribution is 5.81. The predicted molar refractivity (Wildman–Crippen MR) is 80.2 cm³/mol. The molecule has 0 aliphatic carbocycles. The second kappa shape index (κ2) is 8.54. The minimum absolute atomic E-state index is 0.0146. The van der Waals surface area contributed by atoms with Crippen LogP contribution in [0.2, 0.25) is 0 Å². The molecule has 0 saturated carbocycles. The zero-order chi connectivity index (χ0) is 14.3. The standard InChI is InChI=1S/C15H31N3O/c1-5-13(6-2)17-15(19)12(3)18-10-8-7-9-14(18)11-16-4/h12-14,16H,5-11H2,1-4H3,(H,17,19). The van der Waals surface area contributed by atoms with E-state index in [9.17, 15) is 4.79 Å². The van der Waals surface area contributed by atoms with Crippen LogP contribution in [0.25, 0.3) is 0 Å². The van der Waals surface area contributed by atoms with Gasteiger partial charge in [-0.15, -0.1) is 0 Å². The van der Waals surface area contributed by atoms with Crippen LogP contribution in [0.1, 0.15) is 52.9 Å². The van der Waals surface area contributed by atoms with E-state index in [1.807, 2.05) is 14.0 Å². The molecule has 2 unspecified atom stereocenters. The lowest BCUT2D eigenvalue weighted by Gasteiger charge is -2.39. The number of rotatable bonds is 7. The molecular weight excluding hydrogens is 238 g/mol. The summed E-state index contributed by atoms with van der Waals surface area (Å²) in [6.45, 7) is 8.33. The van der Waals surface area contributed by atoms with Gasteiger partial charge in [-0.3, -0.25) is 9.69 Å². The number of likely N-dealkylation sites (tertiary alicyclic amines) is 1.